The number of amides is 1. The Balaban J connectivity index is 1.69. The van der Waals surface area contributed by atoms with E-state index >= 15 is 0 Å². The topological polar surface area (TPSA) is 89.0 Å². The lowest BCUT2D eigenvalue weighted by Gasteiger charge is -2.23. The van der Waals surface area contributed by atoms with E-state index in [2.05, 4.69) is 4.98 Å². The maximum atomic E-state index is 13.4. The summed E-state index contributed by atoms with van der Waals surface area (Å²) in [6.45, 7) is 4.78. The summed E-state index contributed by atoms with van der Waals surface area (Å²) < 4.78 is 12.1. The second kappa shape index (κ2) is 9.83. The van der Waals surface area contributed by atoms with E-state index in [1.54, 1.807) is 36.4 Å². The number of anilines is 1. The van der Waals surface area contributed by atoms with E-state index in [0.29, 0.717) is 46.5 Å². The zero-order valence-corrected chi connectivity index (χ0v) is 20.6. The molecule has 0 aliphatic carbocycles. The van der Waals surface area contributed by atoms with Gasteiger partial charge in [0.05, 0.1) is 35.0 Å². The second-order valence-corrected chi connectivity index (χ2v) is 9.11. The number of carbonyl (C=O) groups is 2. The van der Waals surface area contributed by atoms with Crippen molar-refractivity contribution < 1.29 is 24.2 Å². The molecule has 8 heteroatoms. The minimum atomic E-state index is -0.877. The van der Waals surface area contributed by atoms with Gasteiger partial charge in [0.1, 0.15) is 17.3 Å². The lowest BCUT2D eigenvalue weighted by atomic mass is 9.95. The molecule has 0 saturated carbocycles. The molecule has 0 spiro atoms. The first-order chi connectivity index (χ1) is 17.5. The Bertz CT molecular complexity index is 1480. The van der Waals surface area contributed by atoms with Crippen LogP contribution in [-0.4, -0.2) is 35.0 Å². The first-order valence-corrected chi connectivity index (χ1v) is 12.5. The lowest BCUT2D eigenvalue weighted by Crippen LogP contribution is -2.29. The van der Waals surface area contributed by atoms with Gasteiger partial charge in [-0.15, -0.1) is 0 Å². The van der Waals surface area contributed by atoms with Crippen LogP contribution in [0.25, 0.3) is 16.0 Å². The van der Waals surface area contributed by atoms with Crippen LogP contribution in [0.15, 0.2) is 78.4 Å². The first kappa shape index (κ1) is 23.6. The molecule has 4 aromatic rings. The Hall–Kier alpha value is -4.17. The van der Waals surface area contributed by atoms with Crippen LogP contribution >= 0.6 is 11.3 Å². The number of aliphatic hydroxyl groups is 1. The average Bonchev–Trinajstić information content (AvgIpc) is 3.42. The van der Waals surface area contributed by atoms with Gasteiger partial charge in [-0.05, 0) is 49.7 Å². The Morgan fingerprint density at radius 1 is 0.944 bits per heavy atom. The number of nitrogens with zero attached hydrogens (tertiary/aromatic N) is 2. The van der Waals surface area contributed by atoms with E-state index < -0.39 is 17.7 Å². The number of fused-ring (bicyclic) bond motifs is 1. The van der Waals surface area contributed by atoms with Crippen LogP contribution in [0.2, 0.25) is 0 Å². The van der Waals surface area contributed by atoms with Crippen LogP contribution < -0.4 is 14.4 Å². The largest absolute Gasteiger partial charge is 0.507 e. The van der Waals surface area contributed by atoms with Crippen molar-refractivity contribution in [1.82, 2.24) is 4.98 Å². The molecule has 5 rings (SSSR count). The number of rotatable bonds is 7. The van der Waals surface area contributed by atoms with Crippen molar-refractivity contribution in [3.63, 3.8) is 0 Å². The molecule has 3 aromatic carbocycles. The fraction of sp³-hybridized carbons (Fsp3) is 0.179. The van der Waals surface area contributed by atoms with Gasteiger partial charge in [-0.3, -0.25) is 14.5 Å². The van der Waals surface area contributed by atoms with Crippen molar-refractivity contribution in [3.05, 3.63) is 89.5 Å². The lowest BCUT2D eigenvalue weighted by molar-refractivity contribution is -0.132. The van der Waals surface area contributed by atoms with Gasteiger partial charge in [-0.1, -0.05) is 53.8 Å². The summed E-state index contributed by atoms with van der Waals surface area (Å²) in [5.41, 5.74) is 1.78. The third-order valence-electron chi connectivity index (χ3n) is 5.84. The molecule has 0 radical (unpaired) electrons. The number of aromatic nitrogens is 1. The van der Waals surface area contributed by atoms with Crippen LogP contribution in [0.3, 0.4) is 0 Å². The normalized spacial score (nSPS) is 17.1. The monoisotopic (exact) mass is 500 g/mol. The van der Waals surface area contributed by atoms with Gasteiger partial charge in [-0.2, -0.15) is 0 Å². The summed E-state index contributed by atoms with van der Waals surface area (Å²) in [5, 5.41) is 11.6. The second-order valence-electron chi connectivity index (χ2n) is 8.10. The van der Waals surface area contributed by atoms with Gasteiger partial charge in [0, 0.05) is 5.56 Å². The minimum absolute atomic E-state index is 0.00844. The van der Waals surface area contributed by atoms with E-state index in [1.807, 2.05) is 50.2 Å². The highest BCUT2D eigenvalue weighted by atomic mass is 32.1. The van der Waals surface area contributed by atoms with Crippen molar-refractivity contribution in [2.75, 3.05) is 18.1 Å². The standard InChI is InChI=1S/C28H24N2O5S/c1-3-34-19-12-8-11-18(15-19)24-23(25(31)17-9-6-5-7-10-17)26(32)27(33)30(24)28-29-21-14-13-20(35-4-2)16-22(21)36-28/h5-16,24,31H,3-4H2,1-2H3. The molecule has 1 fully saturated rings. The summed E-state index contributed by atoms with van der Waals surface area (Å²) in [5.74, 6) is -0.443. The highest BCUT2D eigenvalue weighted by molar-refractivity contribution is 7.22. The van der Waals surface area contributed by atoms with Gasteiger partial charge in [0.15, 0.2) is 5.13 Å². The number of hydrogen-bond donors (Lipinski definition) is 1. The third kappa shape index (κ3) is 4.20. The summed E-state index contributed by atoms with van der Waals surface area (Å²) in [4.78, 5) is 32.8. The van der Waals surface area contributed by atoms with Gasteiger partial charge in [0.2, 0.25) is 0 Å². The zero-order chi connectivity index (χ0) is 25.2. The van der Waals surface area contributed by atoms with Gasteiger partial charge in [-0.25, -0.2) is 4.98 Å². The zero-order valence-electron chi connectivity index (χ0n) is 19.8. The molecule has 36 heavy (non-hydrogen) atoms. The van der Waals surface area contributed by atoms with Crippen molar-refractivity contribution >= 4 is 44.1 Å². The summed E-state index contributed by atoms with van der Waals surface area (Å²) in [6.07, 6.45) is 0. The Morgan fingerprint density at radius 2 is 1.67 bits per heavy atom. The van der Waals surface area contributed by atoms with E-state index in [0.717, 1.165) is 4.70 Å². The molecule has 1 amide bonds. The Kier molecular flexibility index (Phi) is 6.43. The maximum absolute atomic E-state index is 13.4. The Labute approximate surface area is 212 Å². The molecule has 1 atom stereocenters. The van der Waals surface area contributed by atoms with Gasteiger partial charge < -0.3 is 14.6 Å². The average molecular weight is 501 g/mol. The minimum Gasteiger partial charge on any atom is -0.507 e. The van der Waals surface area contributed by atoms with E-state index in [-0.39, 0.29) is 11.3 Å². The predicted octanol–water partition coefficient (Wildman–Crippen LogP) is 5.72. The number of thiazole rings is 1. The fourth-order valence-electron chi connectivity index (χ4n) is 4.29. The molecule has 182 valence electrons. The predicted molar refractivity (Wildman–Crippen MR) is 140 cm³/mol. The number of carbonyl (C=O) groups excluding carboxylic acids is 2. The van der Waals surface area contributed by atoms with Crippen molar-refractivity contribution in [3.8, 4) is 11.5 Å². The number of ketones is 1. The smallest absolute Gasteiger partial charge is 0.301 e. The van der Waals surface area contributed by atoms with Crippen LogP contribution in [-0.2, 0) is 9.59 Å². The van der Waals surface area contributed by atoms with Crippen molar-refractivity contribution in [2.24, 2.45) is 0 Å². The highest BCUT2D eigenvalue weighted by Crippen LogP contribution is 2.45. The quantitative estimate of drug-likeness (QED) is 0.198. The van der Waals surface area contributed by atoms with E-state index in [4.69, 9.17) is 9.47 Å². The number of ether oxygens (including phenoxy) is 2. The van der Waals surface area contributed by atoms with Crippen molar-refractivity contribution in [1.29, 1.82) is 0 Å². The Morgan fingerprint density at radius 3 is 2.39 bits per heavy atom. The number of Topliss-reactive ketones (excluding diaryl/α,β-unsaturated/α-hetero) is 1. The van der Waals surface area contributed by atoms with Crippen LogP contribution in [0.1, 0.15) is 31.0 Å². The molecule has 1 N–H and O–H groups in total. The number of hydrogen-bond acceptors (Lipinski definition) is 7. The first-order valence-electron chi connectivity index (χ1n) is 11.6. The molecule has 1 aliphatic heterocycles. The molecular formula is C28H24N2O5S. The van der Waals surface area contributed by atoms with Crippen LogP contribution in [0.4, 0.5) is 5.13 Å². The SMILES string of the molecule is CCOc1cccc(C2C(=C(O)c3ccccc3)C(=O)C(=O)N2c2nc3ccc(OCC)cc3s2)c1. The summed E-state index contributed by atoms with van der Waals surface area (Å²) >= 11 is 1.29. The molecule has 1 unspecified atom stereocenters. The molecule has 2 heterocycles. The van der Waals surface area contributed by atoms with E-state index in [9.17, 15) is 14.7 Å². The van der Waals surface area contributed by atoms with Crippen LogP contribution in [0.5, 0.6) is 11.5 Å². The van der Waals surface area contributed by atoms with Crippen molar-refractivity contribution in [2.45, 2.75) is 19.9 Å². The van der Waals surface area contributed by atoms with E-state index in [1.165, 1.54) is 16.2 Å². The molecule has 1 aromatic heterocycles. The third-order valence-corrected chi connectivity index (χ3v) is 6.86. The van der Waals surface area contributed by atoms with Crippen LogP contribution in [0, 0.1) is 0 Å². The molecular weight excluding hydrogens is 476 g/mol. The fourth-order valence-corrected chi connectivity index (χ4v) is 5.31. The summed E-state index contributed by atoms with van der Waals surface area (Å²) in [7, 11) is 0. The molecule has 0 bridgehead atoms. The number of aliphatic hydroxyl groups excluding tert-OH is 1. The maximum Gasteiger partial charge on any atom is 0.301 e. The van der Waals surface area contributed by atoms with Gasteiger partial charge >= 0.3 is 5.91 Å². The highest BCUT2D eigenvalue weighted by Gasteiger charge is 2.48. The molecule has 1 aliphatic rings. The van der Waals surface area contributed by atoms with Gasteiger partial charge in [0.25, 0.3) is 5.78 Å². The molecule has 1 saturated heterocycles. The number of benzene rings is 3. The molecule has 7 nitrogen and oxygen atoms in total. The summed E-state index contributed by atoms with van der Waals surface area (Å²) in [6, 6.07) is 20.6.